The summed E-state index contributed by atoms with van der Waals surface area (Å²) in [5.74, 6) is 1.75. The number of nitrogens with one attached hydrogen (secondary N) is 1. The molecule has 1 aliphatic heterocycles. The highest BCUT2D eigenvalue weighted by molar-refractivity contribution is 5.29. The van der Waals surface area contributed by atoms with E-state index in [1.165, 1.54) is 24.9 Å². The second-order valence-electron chi connectivity index (χ2n) is 6.42. The van der Waals surface area contributed by atoms with Crippen LogP contribution in [0.1, 0.15) is 45.2 Å². The quantitative estimate of drug-likeness (QED) is 0.832. The number of hydrogen-bond donors (Lipinski definition) is 1. The van der Waals surface area contributed by atoms with Crippen LogP contribution in [0.3, 0.4) is 0 Å². The molecule has 1 N–H and O–H groups in total. The van der Waals surface area contributed by atoms with Gasteiger partial charge in [0.2, 0.25) is 0 Å². The summed E-state index contributed by atoms with van der Waals surface area (Å²) < 4.78 is 5.26. The van der Waals surface area contributed by atoms with E-state index in [-0.39, 0.29) is 0 Å². The molecular weight excluding hydrogens is 260 g/mol. The van der Waals surface area contributed by atoms with Crippen LogP contribution in [0.4, 0.5) is 0 Å². The highest BCUT2D eigenvalue weighted by Gasteiger charge is 2.28. The third kappa shape index (κ3) is 4.45. The zero-order valence-corrected chi connectivity index (χ0v) is 13.9. The summed E-state index contributed by atoms with van der Waals surface area (Å²) in [6, 6.07) is 9.61. The van der Waals surface area contributed by atoms with Crippen molar-refractivity contribution in [2.45, 2.75) is 45.7 Å². The minimum absolute atomic E-state index is 0.406. The Labute approximate surface area is 129 Å². The zero-order valence-electron chi connectivity index (χ0n) is 13.9. The van der Waals surface area contributed by atoms with Gasteiger partial charge in [0.15, 0.2) is 0 Å². The fraction of sp³-hybridized carbons (Fsp3) is 0.667. The van der Waals surface area contributed by atoms with Crippen LogP contribution in [0.25, 0.3) is 0 Å². The normalized spacial score (nSPS) is 24.2. The summed E-state index contributed by atoms with van der Waals surface area (Å²) in [5, 5.41) is 3.70. The van der Waals surface area contributed by atoms with Crippen molar-refractivity contribution in [1.82, 2.24) is 10.2 Å². The highest BCUT2D eigenvalue weighted by atomic mass is 16.5. The first-order valence-corrected chi connectivity index (χ1v) is 8.25. The van der Waals surface area contributed by atoms with Crippen LogP contribution in [-0.4, -0.2) is 37.7 Å². The molecule has 1 aliphatic rings. The molecule has 0 aromatic heterocycles. The molecule has 1 saturated heterocycles. The Bertz CT molecular complexity index is 418. The molecule has 0 radical (unpaired) electrons. The minimum atomic E-state index is 0.406. The average Bonchev–Trinajstić information content (AvgIpc) is 2.81. The summed E-state index contributed by atoms with van der Waals surface area (Å²) in [6.45, 7) is 10.3. The lowest BCUT2D eigenvalue weighted by atomic mass is 10.1. The molecule has 3 heteroatoms. The maximum Gasteiger partial charge on any atom is 0.118 e. The van der Waals surface area contributed by atoms with E-state index in [4.69, 9.17) is 4.74 Å². The molecule has 118 valence electrons. The number of ether oxygens (including phenoxy) is 1. The molecule has 0 bridgehead atoms. The van der Waals surface area contributed by atoms with Crippen molar-refractivity contribution in [2.24, 2.45) is 5.92 Å². The van der Waals surface area contributed by atoms with E-state index < -0.39 is 0 Å². The molecule has 0 amide bonds. The van der Waals surface area contributed by atoms with Crippen LogP contribution in [0.5, 0.6) is 5.75 Å². The van der Waals surface area contributed by atoms with Gasteiger partial charge in [0.25, 0.3) is 0 Å². The first kappa shape index (κ1) is 16.3. The molecule has 1 aromatic rings. The van der Waals surface area contributed by atoms with Crippen LogP contribution in [0.15, 0.2) is 24.3 Å². The van der Waals surface area contributed by atoms with Crippen molar-refractivity contribution < 1.29 is 4.74 Å². The Morgan fingerprint density at radius 1 is 1.29 bits per heavy atom. The molecule has 3 nitrogen and oxygen atoms in total. The third-order valence-electron chi connectivity index (χ3n) is 4.49. The smallest absolute Gasteiger partial charge is 0.118 e. The Balaban J connectivity index is 2.05. The molecule has 1 fully saturated rings. The lowest BCUT2D eigenvalue weighted by Crippen LogP contribution is -2.37. The molecule has 21 heavy (non-hydrogen) atoms. The van der Waals surface area contributed by atoms with E-state index in [2.05, 4.69) is 55.3 Å². The summed E-state index contributed by atoms with van der Waals surface area (Å²) in [5.41, 5.74) is 1.36. The van der Waals surface area contributed by atoms with Gasteiger partial charge >= 0.3 is 0 Å². The third-order valence-corrected chi connectivity index (χ3v) is 4.49. The molecule has 1 aromatic carbocycles. The van der Waals surface area contributed by atoms with Crippen molar-refractivity contribution in [3.63, 3.8) is 0 Å². The topological polar surface area (TPSA) is 24.5 Å². The predicted molar refractivity (Wildman–Crippen MR) is 88.8 cm³/mol. The van der Waals surface area contributed by atoms with Crippen LogP contribution in [0.2, 0.25) is 0 Å². The number of nitrogens with zero attached hydrogens (tertiary/aromatic N) is 1. The van der Waals surface area contributed by atoms with Crippen molar-refractivity contribution in [2.75, 3.05) is 26.7 Å². The van der Waals surface area contributed by atoms with E-state index in [1.807, 2.05) is 0 Å². The van der Waals surface area contributed by atoms with Gasteiger partial charge in [0.1, 0.15) is 5.75 Å². The van der Waals surface area contributed by atoms with Crippen molar-refractivity contribution >= 4 is 0 Å². The van der Waals surface area contributed by atoms with E-state index in [9.17, 15) is 0 Å². The standard InChI is InChI=1S/C18H30N2O/c1-5-10-19-18(13-20-12-14(2)11-15(20)3)16-6-8-17(21-4)9-7-16/h6-9,14-15,18-19H,5,10-13H2,1-4H3. The lowest BCUT2D eigenvalue weighted by Gasteiger charge is -2.28. The number of methoxy groups -OCH3 is 1. The summed E-state index contributed by atoms with van der Waals surface area (Å²) in [6.07, 6.45) is 2.49. The number of benzene rings is 1. The largest absolute Gasteiger partial charge is 0.497 e. The van der Waals surface area contributed by atoms with Gasteiger partial charge < -0.3 is 10.1 Å². The molecule has 2 rings (SSSR count). The lowest BCUT2D eigenvalue weighted by molar-refractivity contribution is 0.234. The van der Waals surface area contributed by atoms with Gasteiger partial charge in [-0.1, -0.05) is 26.0 Å². The Kier molecular flexibility index (Phi) is 6.07. The van der Waals surface area contributed by atoms with Gasteiger partial charge in [0, 0.05) is 25.2 Å². The number of hydrogen-bond acceptors (Lipinski definition) is 3. The van der Waals surface area contributed by atoms with E-state index >= 15 is 0 Å². The van der Waals surface area contributed by atoms with E-state index in [0.29, 0.717) is 12.1 Å². The highest BCUT2D eigenvalue weighted by Crippen LogP contribution is 2.26. The fourth-order valence-corrected chi connectivity index (χ4v) is 3.32. The van der Waals surface area contributed by atoms with Crippen LogP contribution in [-0.2, 0) is 0 Å². The number of rotatable bonds is 7. The minimum Gasteiger partial charge on any atom is -0.497 e. The van der Waals surface area contributed by atoms with Crippen LogP contribution < -0.4 is 10.1 Å². The molecule has 0 spiro atoms. The van der Waals surface area contributed by atoms with Crippen molar-refractivity contribution in [1.29, 1.82) is 0 Å². The van der Waals surface area contributed by atoms with Crippen molar-refractivity contribution in [3.05, 3.63) is 29.8 Å². The fourth-order valence-electron chi connectivity index (χ4n) is 3.32. The molecule has 0 saturated carbocycles. The maximum absolute atomic E-state index is 5.26. The van der Waals surface area contributed by atoms with Gasteiger partial charge in [-0.2, -0.15) is 0 Å². The second kappa shape index (κ2) is 7.81. The Hall–Kier alpha value is -1.06. The molecule has 3 atom stereocenters. The monoisotopic (exact) mass is 290 g/mol. The van der Waals surface area contributed by atoms with Gasteiger partial charge in [-0.15, -0.1) is 0 Å². The first-order chi connectivity index (χ1) is 10.1. The summed E-state index contributed by atoms with van der Waals surface area (Å²) >= 11 is 0. The van der Waals surface area contributed by atoms with Crippen LogP contribution in [0, 0.1) is 5.92 Å². The number of likely N-dealkylation sites (tertiary alicyclic amines) is 1. The maximum atomic E-state index is 5.26. The summed E-state index contributed by atoms with van der Waals surface area (Å²) in [4.78, 5) is 2.63. The summed E-state index contributed by atoms with van der Waals surface area (Å²) in [7, 11) is 1.72. The Morgan fingerprint density at radius 3 is 2.52 bits per heavy atom. The second-order valence-corrected chi connectivity index (χ2v) is 6.42. The SMILES string of the molecule is CCCNC(CN1CC(C)CC1C)c1ccc(OC)cc1. The van der Waals surface area contributed by atoms with Gasteiger partial charge in [0.05, 0.1) is 7.11 Å². The van der Waals surface area contributed by atoms with E-state index in [1.54, 1.807) is 7.11 Å². The first-order valence-electron chi connectivity index (χ1n) is 8.25. The van der Waals surface area contributed by atoms with Gasteiger partial charge in [-0.3, -0.25) is 4.90 Å². The molecule has 1 heterocycles. The van der Waals surface area contributed by atoms with Crippen molar-refractivity contribution in [3.8, 4) is 5.75 Å². The van der Waals surface area contributed by atoms with Gasteiger partial charge in [-0.05, 0) is 49.9 Å². The predicted octanol–water partition coefficient (Wildman–Crippen LogP) is 3.47. The molecule has 3 unspecified atom stereocenters. The van der Waals surface area contributed by atoms with Crippen LogP contribution >= 0.6 is 0 Å². The molecular formula is C18H30N2O. The van der Waals surface area contributed by atoms with Gasteiger partial charge in [-0.25, -0.2) is 0 Å². The van der Waals surface area contributed by atoms with E-state index in [0.717, 1.165) is 24.8 Å². The average molecular weight is 290 g/mol. The zero-order chi connectivity index (χ0) is 15.2. The molecule has 0 aliphatic carbocycles. The Morgan fingerprint density at radius 2 is 2.00 bits per heavy atom.